The molecule has 0 spiro atoms. The summed E-state index contributed by atoms with van der Waals surface area (Å²) >= 11 is 0. The second-order valence-corrected chi connectivity index (χ2v) is 15.0. The van der Waals surface area contributed by atoms with Crippen molar-refractivity contribution >= 4 is 19.1 Å². The van der Waals surface area contributed by atoms with Gasteiger partial charge in [-0.1, -0.05) is 26.1 Å². The average Bonchev–Trinajstić information content (AvgIpc) is 3.30. The largest absolute Gasteiger partial charge is 0.361 e. The predicted octanol–water partition coefficient (Wildman–Crippen LogP) is 4.86. The summed E-state index contributed by atoms with van der Waals surface area (Å²) in [6.45, 7) is 8.34. The highest BCUT2D eigenvalue weighted by Crippen LogP contribution is 2.38. The van der Waals surface area contributed by atoms with E-state index in [1.165, 1.54) is 19.3 Å². The number of nitrogens with zero attached hydrogens (tertiary/aromatic N) is 6. The molecule has 4 rings (SSSR count). The molecular weight excluding hydrogens is 392 g/mol. The molecular formula is C22H30N6OSi. The molecule has 3 aromatic rings. The molecule has 1 atom stereocenters. The highest BCUT2D eigenvalue weighted by atomic mass is 28.3. The van der Waals surface area contributed by atoms with E-state index in [1.807, 2.05) is 33.9 Å². The minimum atomic E-state index is -1.10. The Kier molecular flexibility index (Phi) is 6.02. The van der Waals surface area contributed by atoms with Crippen LogP contribution in [-0.4, -0.2) is 39.0 Å². The zero-order valence-corrected chi connectivity index (χ0v) is 19.1. The minimum absolute atomic E-state index is 0.152. The molecule has 0 bridgehead atoms. The van der Waals surface area contributed by atoms with Gasteiger partial charge in [0.05, 0.1) is 30.4 Å². The van der Waals surface area contributed by atoms with Gasteiger partial charge in [-0.25, -0.2) is 9.97 Å². The number of nitriles is 1. The first-order valence-corrected chi connectivity index (χ1v) is 14.5. The summed E-state index contributed by atoms with van der Waals surface area (Å²) < 4.78 is 9.90. The molecule has 0 N–H and O–H groups in total. The van der Waals surface area contributed by atoms with E-state index in [0.29, 0.717) is 19.1 Å². The highest BCUT2D eigenvalue weighted by molar-refractivity contribution is 6.76. The minimum Gasteiger partial charge on any atom is -0.361 e. The third kappa shape index (κ3) is 4.47. The first kappa shape index (κ1) is 20.8. The van der Waals surface area contributed by atoms with E-state index in [1.54, 1.807) is 6.33 Å². The summed E-state index contributed by atoms with van der Waals surface area (Å²) in [6.07, 6.45) is 11.6. The van der Waals surface area contributed by atoms with E-state index in [4.69, 9.17) is 4.74 Å². The second kappa shape index (κ2) is 8.70. The number of aromatic nitrogens is 5. The van der Waals surface area contributed by atoms with Crippen molar-refractivity contribution in [1.82, 2.24) is 24.3 Å². The Hall–Kier alpha value is -2.50. The SMILES string of the molecule is C[Si](C)(C)CCOCn1ccc2c(-c3cnn([C@@H](CC#N)C4CCC4)c3)ncnc21. The van der Waals surface area contributed by atoms with Gasteiger partial charge in [-0.2, -0.15) is 10.4 Å². The summed E-state index contributed by atoms with van der Waals surface area (Å²) in [4.78, 5) is 9.03. The van der Waals surface area contributed by atoms with Crippen molar-refractivity contribution in [2.24, 2.45) is 5.92 Å². The Bertz CT molecular complexity index is 1040. The molecule has 1 saturated carbocycles. The van der Waals surface area contributed by atoms with Gasteiger partial charge in [-0.05, 0) is 30.9 Å². The average molecular weight is 423 g/mol. The van der Waals surface area contributed by atoms with Crippen LogP contribution < -0.4 is 0 Å². The molecule has 158 valence electrons. The van der Waals surface area contributed by atoms with Crippen LogP contribution in [-0.2, 0) is 11.5 Å². The Labute approximate surface area is 178 Å². The Morgan fingerprint density at radius 2 is 2.13 bits per heavy atom. The molecule has 0 aromatic carbocycles. The van der Waals surface area contributed by atoms with Gasteiger partial charge in [0.1, 0.15) is 18.7 Å². The van der Waals surface area contributed by atoms with Gasteiger partial charge in [0.2, 0.25) is 0 Å². The van der Waals surface area contributed by atoms with Crippen LogP contribution in [0.1, 0.15) is 31.7 Å². The molecule has 3 heterocycles. The van der Waals surface area contributed by atoms with Crippen LogP contribution in [0.5, 0.6) is 0 Å². The van der Waals surface area contributed by atoms with Crippen molar-refractivity contribution in [2.75, 3.05) is 6.61 Å². The topological polar surface area (TPSA) is 81.5 Å². The quantitative estimate of drug-likeness (QED) is 0.363. The van der Waals surface area contributed by atoms with Crippen LogP contribution in [0.25, 0.3) is 22.3 Å². The lowest BCUT2D eigenvalue weighted by molar-refractivity contribution is 0.0899. The molecule has 1 aliphatic rings. The standard InChI is InChI=1S/C22H30N6OSi/c1-30(2,3)12-11-29-16-27-10-8-19-21(24-15-25-22(19)27)18-13-26-28(14-18)20(7-9-23)17-5-4-6-17/h8,10,13-15,17,20H,4-7,11-12,16H2,1-3H3/t20-/m0/s1. The summed E-state index contributed by atoms with van der Waals surface area (Å²) in [7, 11) is -1.10. The van der Waals surface area contributed by atoms with Gasteiger partial charge >= 0.3 is 0 Å². The van der Waals surface area contributed by atoms with Crippen molar-refractivity contribution < 1.29 is 4.74 Å². The van der Waals surface area contributed by atoms with E-state index in [0.717, 1.165) is 34.9 Å². The molecule has 7 nitrogen and oxygen atoms in total. The Morgan fingerprint density at radius 1 is 1.30 bits per heavy atom. The molecule has 0 unspecified atom stereocenters. The first-order chi connectivity index (χ1) is 14.5. The highest BCUT2D eigenvalue weighted by Gasteiger charge is 2.29. The fraction of sp³-hybridized carbons (Fsp3) is 0.545. The van der Waals surface area contributed by atoms with Crippen LogP contribution >= 0.6 is 0 Å². The van der Waals surface area contributed by atoms with Crippen molar-refractivity contribution in [2.45, 2.75) is 64.1 Å². The van der Waals surface area contributed by atoms with E-state index in [2.05, 4.69) is 40.8 Å². The van der Waals surface area contributed by atoms with E-state index in [9.17, 15) is 5.26 Å². The third-order valence-electron chi connectivity index (χ3n) is 5.99. The summed E-state index contributed by atoms with van der Waals surface area (Å²) in [5.41, 5.74) is 2.70. The van der Waals surface area contributed by atoms with Gasteiger partial charge in [0.25, 0.3) is 0 Å². The van der Waals surface area contributed by atoms with Crippen LogP contribution in [0, 0.1) is 17.2 Å². The van der Waals surface area contributed by atoms with E-state index >= 15 is 0 Å². The maximum Gasteiger partial charge on any atom is 0.145 e. The van der Waals surface area contributed by atoms with Gasteiger partial charge in [0.15, 0.2) is 0 Å². The zero-order valence-electron chi connectivity index (χ0n) is 18.1. The number of ether oxygens (including phenoxy) is 1. The van der Waals surface area contributed by atoms with Crippen LogP contribution in [0.15, 0.2) is 31.0 Å². The molecule has 3 aromatic heterocycles. The predicted molar refractivity (Wildman–Crippen MR) is 119 cm³/mol. The normalized spacial score (nSPS) is 15.8. The molecule has 0 radical (unpaired) electrons. The van der Waals surface area contributed by atoms with Crippen LogP contribution in [0.2, 0.25) is 25.7 Å². The lowest BCUT2D eigenvalue weighted by atomic mass is 9.79. The van der Waals surface area contributed by atoms with Crippen LogP contribution in [0.3, 0.4) is 0 Å². The third-order valence-corrected chi connectivity index (χ3v) is 7.70. The fourth-order valence-electron chi connectivity index (χ4n) is 3.92. The number of hydrogen-bond donors (Lipinski definition) is 0. The van der Waals surface area contributed by atoms with Gasteiger partial charge < -0.3 is 9.30 Å². The van der Waals surface area contributed by atoms with Gasteiger partial charge in [-0.15, -0.1) is 0 Å². The van der Waals surface area contributed by atoms with E-state index in [-0.39, 0.29) is 6.04 Å². The Balaban J connectivity index is 1.53. The molecule has 8 heteroatoms. The maximum absolute atomic E-state index is 9.24. The summed E-state index contributed by atoms with van der Waals surface area (Å²) in [5.74, 6) is 0.553. The second-order valence-electron chi connectivity index (χ2n) is 9.42. The lowest BCUT2D eigenvalue weighted by Gasteiger charge is -2.32. The summed E-state index contributed by atoms with van der Waals surface area (Å²) in [5, 5.41) is 14.8. The molecule has 0 aliphatic heterocycles. The monoisotopic (exact) mass is 422 g/mol. The van der Waals surface area contributed by atoms with Crippen molar-refractivity contribution in [1.29, 1.82) is 5.26 Å². The van der Waals surface area contributed by atoms with Crippen molar-refractivity contribution in [3.05, 3.63) is 31.0 Å². The zero-order chi connectivity index (χ0) is 21.1. The number of fused-ring (bicyclic) bond motifs is 1. The molecule has 1 fully saturated rings. The molecule has 0 amide bonds. The van der Waals surface area contributed by atoms with Crippen molar-refractivity contribution in [3.63, 3.8) is 0 Å². The molecule has 1 aliphatic carbocycles. The van der Waals surface area contributed by atoms with Gasteiger partial charge in [0, 0.05) is 38.0 Å². The first-order valence-electron chi connectivity index (χ1n) is 10.8. The fourth-order valence-corrected chi connectivity index (χ4v) is 4.67. The van der Waals surface area contributed by atoms with Gasteiger partial charge in [-0.3, -0.25) is 4.68 Å². The summed E-state index contributed by atoms with van der Waals surface area (Å²) in [6, 6.07) is 5.68. The Morgan fingerprint density at radius 3 is 2.83 bits per heavy atom. The number of rotatable bonds is 9. The smallest absolute Gasteiger partial charge is 0.145 e. The van der Waals surface area contributed by atoms with E-state index < -0.39 is 8.07 Å². The van der Waals surface area contributed by atoms with Crippen LogP contribution in [0.4, 0.5) is 0 Å². The lowest BCUT2D eigenvalue weighted by Crippen LogP contribution is -2.25. The van der Waals surface area contributed by atoms with Crippen molar-refractivity contribution in [3.8, 4) is 17.3 Å². The maximum atomic E-state index is 9.24. The molecule has 0 saturated heterocycles. The molecule has 30 heavy (non-hydrogen) atoms. The number of hydrogen-bond acceptors (Lipinski definition) is 5.